The summed E-state index contributed by atoms with van der Waals surface area (Å²) in [6, 6.07) is 0. The molecule has 0 aromatic carbocycles. The number of fused-ring (bicyclic) bond motifs is 1. The minimum Gasteiger partial charge on any atom is -0.378 e. The molecule has 0 aliphatic heterocycles. The summed E-state index contributed by atoms with van der Waals surface area (Å²) in [4.78, 5) is 0. The highest BCUT2D eigenvalue weighted by atomic mass is 16.5. The molecule has 2 unspecified atom stereocenters. The van der Waals surface area contributed by atoms with Crippen molar-refractivity contribution in [2.24, 2.45) is 23.7 Å². The predicted octanol–water partition coefficient (Wildman–Crippen LogP) is 4.26. The predicted molar refractivity (Wildman–Crippen MR) is 68.4 cm³/mol. The Morgan fingerprint density at radius 2 is 1.50 bits per heavy atom. The van der Waals surface area contributed by atoms with Gasteiger partial charge in [0.05, 0.1) is 6.10 Å². The van der Waals surface area contributed by atoms with Crippen LogP contribution in [0.4, 0.5) is 0 Å². The molecule has 3 aliphatic rings. The van der Waals surface area contributed by atoms with E-state index in [1.54, 1.807) is 0 Å². The van der Waals surface area contributed by atoms with E-state index in [0.717, 1.165) is 30.3 Å². The molecule has 1 nitrogen and oxygen atoms in total. The Balaban J connectivity index is 0.000000457. The van der Waals surface area contributed by atoms with Crippen molar-refractivity contribution in [2.45, 2.75) is 65.4 Å². The maximum Gasteiger partial charge on any atom is 0.0580 e. The molecule has 3 rings (SSSR count). The van der Waals surface area contributed by atoms with Crippen LogP contribution in [-0.2, 0) is 4.74 Å². The first-order chi connectivity index (χ1) is 7.81. The van der Waals surface area contributed by atoms with Crippen LogP contribution in [0.2, 0.25) is 0 Å². The lowest BCUT2D eigenvalue weighted by molar-refractivity contribution is 0.0444. The fraction of sp³-hybridized carbons (Fsp3) is 1.00. The van der Waals surface area contributed by atoms with Crippen LogP contribution in [0.15, 0.2) is 0 Å². The van der Waals surface area contributed by atoms with Crippen molar-refractivity contribution >= 4 is 0 Å². The molecular weight excluding hydrogens is 196 g/mol. The normalized spacial score (nSPS) is 41.4. The lowest BCUT2D eigenvalue weighted by atomic mass is 10.0. The molecule has 0 amide bonds. The van der Waals surface area contributed by atoms with E-state index in [1.807, 2.05) is 13.8 Å². The van der Waals surface area contributed by atoms with Crippen LogP contribution >= 0.6 is 0 Å². The molecule has 3 aliphatic carbocycles. The zero-order chi connectivity index (χ0) is 11.5. The summed E-state index contributed by atoms with van der Waals surface area (Å²) >= 11 is 0. The molecule has 4 atom stereocenters. The van der Waals surface area contributed by atoms with E-state index < -0.39 is 0 Å². The summed E-state index contributed by atoms with van der Waals surface area (Å²) in [6.45, 7) is 7.48. The third kappa shape index (κ3) is 3.00. The van der Waals surface area contributed by atoms with E-state index in [9.17, 15) is 0 Å². The number of rotatable bonds is 3. The average Bonchev–Trinajstić information content (AvgIpc) is 2.94. The smallest absolute Gasteiger partial charge is 0.0580 e. The first-order valence-electron chi connectivity index (χ1n) is 7.43. The zero-order valence-corrected chi connectivity index (χ0v) is 11.2. The van der Waals surface area contributed by atoms with Gasteiger partial charge in [-0.05, 0) is 62.2 Å². The Morgan fingerprint density at radius 1 is 0.938 bits per heavy atom. The fourth-order valence-electron chi connectivity index (χ4n) is 3.56. The molecule has 0 spiro atoms. The van der Waals surface area contributed by atoms with Crippen LogP contribution in [0.25, 0.3) is 0 Å². The van der Waals surface area contributed by atoms with Gasteiger partial charge in [-0.2, -0.15) is 0 Å². The van der Waals surface area contributed by atoms with Gasteiger partial charge in [0.1, 0.15) is 0 Å². The van der Waals surface area contributed by atoms with Crippen molar-refractivity contribution in [1.29, 1.82) is 0 Å². The maximum absolute atomic E-state index is 6.00. The highest BCUT2D eigenvalue weighted by molar-refractivity contribution is 4.91. The van der Waals surface area contributed by atoms with Crippen LogP contribution < -0.4 is 0 Å². The molecule has 3 saturated carbocycles. The maximum atomic E-state index is 6.00. The van der Waals surface area contributed by atoms with E-state index in [-0.39, 0.29) is 0 Å². The minimum absolute atomic E-state index is 0.637. The third-order valence-corrected chi connectivity index (χ3v) is 4.47. The van der Waals surface area contributed by atoms with Crippen molar-refractivity contribution in [3.05, 3.63) is 0 Å². The molecular formula is C15H28O. The monoisotopic (exact) mass is 224 g/mol. The van der Waals surface area contributed by atoms with Crippen molar-refractivity contribution in [2.75, 3.05) is 6.61 Å². The third-order valence-electron chi connectivity index (χ3n) is 4.47. The van der Waals surface area contributed by atoms with Gasteiger partial charge in [0.15, 0.2) is 0 Å². The minimum atomic E-state index is 0.637. The van der Waals surface area contributed by atoms with Gasteiger partial charge in [-0.3, -0.25) is 0 Å². The van der Waals surface area contributed by atoms with E-state index >= 15 is 0 Å². The molecule has 0 aromatic rings. The Bertz CT molecular complexity index is 195. The topological polar surface area (TPSA) is 9.23 Å². The summed E-state index contributed by atoms with van der Waals surface area (Å²) in [5, 5.41) is 0. The highest BCUT2D eigenvalue weighted by Gasteiger charge is 2.40. The first kappa shape index (κ1) is 12.4. The summed E-state index contributed by atoms with van der Waals surface area (Å²) in [5.41, 5.74) is 0. The number of ether oxygens (including phenoxy) is 1. The Hall–Kier alpha value is -0.0400. The molecule has 0 bridgehead atoms. The summed E-state index contributed by atoms with van der Waals surface area (Å²) in [5.74, 6) is 3.98. The molecule has 16 heavy (non-hydrogen) atoms. The largest absolute Gasteiger partial charge is 0.378 e. The fourth-order valence-corrected chi connectivity index (χ4v) is 3.56. The van der Waals surface area contributed by atoms with Crippen LogP contribution in [0.5, 0.6) is 0 Å². The molecule has 0 N–H and O–H groups in total. The van der Waals surface area contributed by atoms with E-state index in [4.69, 9.17) is 4.74 Å². The number of hydrogen-bond donors (Lipinski definition) is 0. The Morgan fingerprint density at radius 3 is 2.00 bits per heavy atom. The molecule has 1 heteroatoms. The van der Waals surface area contributed by atoms with Crippen LogP contribution in [-0.4, -0.2) is 12.7 Å². The van der Waals surface area contributed by atoms with Gasteiger partial charge in [-0.25, -0.2) is 0 Å². The molecule has 94 valence electrons. The lowest BCUT2D eigenvalue weighted by Crippen LogP contribution is -2.12. The second-order valence-electron chi connectivity index (χ2n) is 5.97. The molecule has 0 radical (unpaired) electrons. The quantitative estimate of drug-likeness (QED) is 0.696. The van der Waals surface area contributed by atoms with Gasteiger partial charge in [-0.1, -0.05) is 20.8 Å². The Kier molecular flexibility index (Phi) is 4.29. The van der Waals surface area contributed by atoms with Gasteiger partial charge in [-0.15, -0.1) is 0 Å². The van der Waals surface area contributed by atoms with Gasteiger partial charge < -0.3 is 4.74 Å². The first-order valence-corrected chi connectivity index (χ1v) is 7.43. The lowest BCUT2D eigenvalue weighted by Gasteiger charge is -2.13. The van der Waals surface area contributed by atoms with Crippen LogP contribution in [0, 0.1) is 23.7 Å². The standard InChI is InChI=1S/C13H22O.C2H6/c1-9-4-11-6-13(7-12(11)5-9)14-8-10-2-3-10;1-2/h9-13H,2-8H2,1H3;1-2H3/t9?,11-,12+,13?;. The second kappa shape index (κ2) is 5.53. The van der Waals surface area contributed by atoms with Gasteiger partial charge >= 0.3 is 0 Å². The van der Waals surface area contributed by atoms with Gasteiger partial charge in [0.2, 0.25) is 0 Å². The van der Waals surface area contributed by atoms with Crippen LogP contribution in [0.1, 0.15) is 59.3 Å². The summed E-state index contributed by atoms with van der Waals surface area (Å²) < 4.78 is 6.00. The SMILES string of the molecule is CC.CC1C[C@@H]2CC(OCC3CC3)C[C@@H]2C1. The summed E-state index contributed by atoms with van der Waals surface area (Å²) in [6.07, 6.45) is 9.21. The van der Waals surface area contributed by atoms with Crippen molar-refractivity contribution < 1.29 is 4.74 Å². The molecule has 0 saturated heterocycles. The van der Waals surface area contributed by atoms with E-state index in [2.05, 4.69) is 6.92 Å². The van der Waals surface area contributed by atoms with E-state index in [1.165, 1.54) is 38.5 Å². The van der Waals surface area contributed by atoms with Gasteiger partial charge in [0, 0.05) is 6.61 Å². The zero-order valence-electron chi connectivity index (χ0n) is 11.2. The number of hydrogen-bond acceptors (Lipinski definition) is 1. The molecule has 0 aromatic heterocycles. The second-order valence-corrected chi connectivity index (χ2v) is 5.97. The van der Waals surface area contributed by atoms with Crippen molar-refractivity contribution in [1.82, 2.24) is 0 Å². The van der Waals surface area contributed by atoms with Gasteiger partial charge in [0.25, 0.3) is 0 Å². The van der Waals surface area contributed by atoms with E-state index in [0.29, 0.717) is 6.10 Å². The van der Waals surface area contributed by atoms with Crippen LogP contribution in [0.3, 0.4) is 0 Å². The molecule has 3 fully saturated rings. The average molecular weight is 224 g/mol. The van der Waals surface area contributed by atoms with Crippen molar-refractivity contribution in [3.63, 3.8) is 0 Å². The van der Waals surface area contributed by atoms with Crippen molar-refractivity contribution in [3.8, 4) is 0 Å². The summed E-state index contributed by atoms with van der Waals surface area (Å²) in [7, 11) is 0. The molecule has 0 heterocycles. The highest BCUT2D eigenvalue weighted by Crippen LogP contribution is 2.47. The Labute approximate surface area is 101 Å².